The first kappa shape index (κ1) is 56.5. The average molecular weight is 1070 g/mol. The summed E-state index contributed by atoms with van der Waals surface area (Å²) in [5.41, 5.74) is 16.2. The quantitative estimate of drug-likeness (QED) is 0.0450. The van der Waals surface area contributed by atoms with Gasteiger partial charge in [-0.25, -0.2) is 0 Å². The Morgan fingerprint density at radius 2 is 0.519 bits per heavy atom. The Kier molecular flexibility index (Phi) is 17.1. The van der Waals surface area contributed by atoms with E-state index in [9.17, 15) is 35.7 Å². The summed E-state index contributed by atoms with van der Waals surface area (Å²) < 4.78 is 0. The number of phenolic OH excluding ortho intramolecular Hbond substituents is 7. The Balaban J connectivity index is 0.00000392. The highest BCUT2D eigenvalue weighted by atomic mass is 16.3. The maximum absolute atomic E-state index is 12.3. The zero-order chi connectivity index (χ0) is 57.4. The van der Waals surface area contributed by atoms with Crippen LogP contribution in [-0.2, 0) is 49.4 Å². The molecule has 0 aromatic heterocycles. The molecule has 10 rings (SSSR count). The van der Waals surface area contributed by atoms with Gasteiger partial charge in [-0.15, -0.1) is 0 Å². The second-order valence-corrected chi connectivity index (χ2v) is 22.0. The van der Waals surface area contributed by atoms with Crippen molar-refractivity contribution in [2.24, 2.45) is 0 Å². The molecule has 0 aliphatic carbocycles. The van der Waals surface area contributed by atoms with Gasteiger partial charge in [0, 0.05) is 36.5 Å². The Labute approximate surface area is 477 Å². The van der Waals surface area contributed by atoms with Crippen molar-refractivity contribution in [3.8, 4) is 40.2 Å². The summed E-state index contributed by atoms with van der Waals surface area (Å²) in [5, 5.41) is 75.2. The summed E-state index contributed by atoms with van der Waals surface area (Å²) in [7, 11) is 0. The molecule has 1 atom stereocenters. The highest BCUT2D eigenvalue weighted by Crippen LogP contribution is 2.45. The van der Waals surface area contributed by atoms with Crippen LogP contribution in [0.3, 0.4) is 0 Å². The number of hydrogen-bond acceptors (Lipinski definition) is 7. The van der Waals surface area contributed by atoms with E-state index in [2.05, 4.69) is 119 Å². The molecule has 0 aliphatic rings. The first-order chi connectivity index (χ1) is 38.9. The minimum atomic E-state index is -0.829. The lowest BCUT2D eigenvalue weighted by Gasteiger charge is -2.35. The first-order valence-corrected chi connectivity index (χ1v) is 27.8. The van der Waals surface area contributed by atoms with E-state index in [0.717, 1.165) is 89.0 Å². The molecule has 0 bridgehead atoms. The lowest BCUT2D eigenvalue weighted by molar-refractivity contribution is 0.461. The van der Waals surface area contributed by atoms with Crippen LogP contribution in [0.2, 0.25) is 0 Å². The molecule has 7 heteroatoms. The van der Waals surface area contributed by atoms with Gasteiger partial charge in [-0.3, -0.25) is 0 Å². The largest absolute Gasteiger partial charge is 0.508 e. The van der Waals surface area contributed by atoms with Crippen molar-refractivity contribution in [2.45, 2.75) is 90.9 Å². The minimum absolute atomic E-state index is 0.164. The minimum Gasteiger partial charge on any atom is -0.508 e. The van der Waals surface area contributed by atoms with Crippen LogP contribution in [-0.4, -0.2) is 35.7 Å². The van der Waals surface area contributed by atoms with Crippen LogP contribution >= 0.6 is 0 Å². The second-order valence-electron chi connectivity index (χ2n) is 22.0. The smallest absolute Gasteiger partial charge is 0.122 e. The zero-order valence-electron chi connectivity index (χ0n) is 47.1. The molecular weight excluding hydrogens is 1000 g/mol. The van der Waals surface area contributed by atoms with Crippen LogP contribution in [0.5, 0.6) is 40.2 Å². The van der Waals surface area contributed by atoms with E-state index in [1.807, 2.05) is 74.5 Å². The number of phenols is 7. The maximum atomic E-state index is 12.3. The van der Waals surface area contributed by atoms with Gasteiger partial charge in [0.1, 0.15) is 40.2 Å². The fraction of sp³-hybridized carbons (Fsp3) is 0.189. The summed E-state index contributed by atoms with van der Waals surface area (Å²) in [6.45, 7) is 12.8. The van der Waals surface area contributed by atoms with Gasteiger partial charge in [0.2, 0.25) is 0 Å². The molecule has 81 heavy (non-hydrogen) atoms. The summed E-state index contributed by atoms with van der Waals surface area (Å²) in [5.74, 6) is 1.29. The second kappa shape index (κ2) is 24.4. The van der Waals surface area contributed by atoms with Gasteiger partial charge in [0.15, 0.2) is 0 Å². The molecule has 1 unspecified atom stereocenters. The van der Waals surface area contributed by atoms with Crippen molar-refractivity contribution in [1.82, 2.24) is 0 Å². The molecule has 0 radical (unpaired) electrons. The molecule has 10 aromatic rings. The standard InChI is InChI=1S/C72H66O7.C2H6/c1-46-5-7-47(8-6-46)33-53-35-54(34-48-9-23-64(73)24-10-48)41-62(40-53)72(4,63-44-57(38-51-15-29-67(76)30-16-51)70(79)58(45-63)39-52-17-31-68(77)32-18-52)60-21-19-59(20-22-60)71(2,3)61-42-55(36-49-11-25-65(74)26-12-49)69(78)56(43-61)37-50-13-27-66(75)28-14-50;1-2/h5-32,35,40-45,73-79H,33-34,36-39H2,1-4H3;1-2H3. The molecule has 7 nitrogen and oxygen atoms in total. The molecule has 410 valence electrons. The monoisotopic (exact) mass is 1070 g/mol. The van der Waals surface area contributed by atoms with Crippen molar-refractivity contribution < 1.29 is 35.7 Å². The Hall–Kier alpha value is -9.20. The fourth-order valence-electron chi connectivity index (χ4n) is 11.0. The SMILES string of the molecule is CC.Cc1ccc(Cc2cc(Cc3ccc(O)cc3)cc(C(C)(c3ccc(C(C)(C)c4cc(Cc5ccc(O)cc5)c(O)c(Cc5ccc(O)cc5)c4)cc3)c3cc(Cc4ccc(O)cc4)c(O)c(Cc4ccc(O)cc4)c3)c2)cc1. The van der Waals surface area contributed by atoms with E-state index < -0.39 is 10.8 Å². The van der Waals surface area contributed by atoms with E-state index in [1.54, 1.807) is 60.7 Å². The predicted octanol–water partition coefficient (Wildman–Crippen LogP) is 16.2. The van der Waals surface area contributed by atoms with Gasteiger partial charge < -0.3 is 35.7 Å². The number of aromatic hydroxyl groups is 7. The third kappa shape index (κ3) is 13.3. The van der Waals surface area contributed by atoms with Crippen LogP contribution in [0.4, 0.5) is 0 Å². The molecule has 0 aliphatic heterocycles. The average Bonchev–Trinajstić information content (AvgIpc) is 3.49. The number of hydrogen-bond donors (Lipinski definition) is 7. The van der Waals surface area contributed by atoms with Crippen molar-refractivity contribution in [3.63, 3.8) is 0 Å². The van der Waals surface area contributed by atoms with Crippen molar-refractivity contribution in [1.29, 1.82) is 0 Å². The van der Waals surface area contributed by atoms with E-state index in [0.29, 0.717) is 38.5 Å². The van der Waals surface area contributed by atoms with Gasteiger partial charge in [-0.1, -0.05) is 185 Å². The van der Waals surface area contributed by atoms with Gasteiger partial charge in [-0.05, 0) is 182 Å². The summed E-state index contributed by atoms with van der Waals surface area (Å²) >= 11 is 0. The normalized spacial score (nSPS) is 12.1. The fourth-order valence-corrected chi connectivity index (χ4v) is 11.0. The summed E-state index contributed by atoms with van der Waals surface area (Å²) in [6.07, 6.45) is 3.03. The zero-order valence-corrected chi connectivity index (χ0v) is 47.1. The molecule has 0 amide bonds. The highest BCUT2D eigenvalue weighted by Gasteiger charge is 2.35. The molecule has 0 heterocycles. The third-order valence-electron chi connectivity index (χ3n) is 15.8. The van der Waals surface area contributed by atoms with Gasteiger partial charge in [-0.2, -0.15) is 0 Å². The van der Waals surface area contributed by atoms with E-state index in [-0.39, 0.29) is 40.2 Å². The Morgan fingerprint density at radius 1 is 0.259 bits per heavy atom. The number of aryl methyl sites for hydroxylation is 1. The molecule has 0 fully saturated rings. The lowest BCUT2D eigenvalue weighted by atomic mass is 9.68. The van der Waals surface area contributed by atoms with Crippen LogP contribution in [0, 0.1) is 6.92 Å². The highest BCUT2D eigenvalue weighted by molar-refractivity contribution is 5.59. The summed E-state index contributed by atoms with van der Waals surface area (Å²) in [4.78, 5) is 0. The van der Waals surface area contributed by atoms with Crippen LogP contribution in [0.25, 0.3) is 0 Å². The number of benzene rings is 10. The van der Waals surface area contributed by atoms with Crippen LogP contribution in [0.15, 0.2) is 212 Å². The van der Waals surface area contributed by atoms with Crippen LogP contribution < -0.4 is 0 Å². The van der Waals surface area contributed by atoms with Crippen molar-refractivity contribution in [2.75, 3.05) is 0 Å². The third-order valence-corrected chi connectivity index (χ3v) is 15.8. The molecule has 0 saturated heterocycles. The molecule has 10 aromatic carbocycles. The Bertz CT molecular complexity index is 3530. The van der Waals surface area contributed by atoms with Gasteiger partial charge in [0.05, 0.1) is 0 Å². The van der Waals surface area contributed by atoms with Crippen molar-refractivity contribution >= 4 is 0 Å². The first-order valence-electron chi connectivity index (χ1n) is 27.8. The predicted molar refractivity (Wildman–Crippen MR) is 327 cm³/mol. The Morgan fingerprint density at radius 3 is 0.840 bits per heavy atom. The van der Waals surface area contributed by atoms with E-state index in [1.165, 1.54) is 11.1 Å². The van der Waals surface area contributed by atoms with Crippen molar-refractivity contribution in [3.05, 3.63) is 312 Å². The topological polar surface area (TPSA) is 142 Å². The number of rotatable bonds is 17. The van der Waals surface area contributed by atoms with E-state index in [4.69, 9.17) is 0 Å². The maximum Gasteiger partial charge on any atom is 0.122 e. The molecule has 7 N–H and O–H groups in total. The molecule has 0 saturated carbocycles. The van der Waals surface area contributed by atoms with Gasteiger partial charge >= 0.3 is 0 Å². The van der Waals surface area contributed by atoms with Crippen LogP contribution in [0.1, 0.15) is 135 Å². The molecule has 0 spiro atoms. The summed E-state index contributed by atoms with van der Waals surface area (Å²) in [6, 6.07) is 68.6. The lowest BCUT2D eigenvalue weighted by Crippen LogP contribution is -2.27. The molecular formula is C74H72O7. The van der Waals surface area contributed by atoms with E-state index >= 15 is 0 Å². The van der Waals surface area contributed by atoms with Gasteiger partial charge in [0.25, 0.3) is 0 Å².